The maximum atomic E-state index is 12.6. The highest BCUT2D eigenvalue weighted by Crippen LogP contribution is 2.24. The Hall–Kier alpha value is -2.51. The average Bonchev–Trinajstić information content (AvgIpc) is 2.44. The van der Waals surface area contributed by atoms with Gasteiger partial charge in [-0.3, -0.25) is 25.0 Å². The van der Waals surface area contributed by atoms with Crippen LogP contribution in [0.5, 0.6) is 0 Å². The Kier molecular flexibility index (Phi) is 6.18. The van der Waals surface area contributed by atoms with E-state index in [0.717, 1.165) is 18.2 Å². The number of amides is 1. The van der Waals surface area contributed by atoms with Crippen LogP contribution in [0.1, 0.15) is 38.1 Å². The summed E-state index contributed by atoms with van der Waals surface area (Å²) in [7, 11) is 0. The number of nitro benzene ring substituents is 2. The second-order valence-electron chi connectivity index (χ2n) is 6.25. The van der Waals surface area contributed by atoms with Crippen LogP contribution in [0.15, 0.2) is 18.2 Å². The van der Waals surface area contributed by atoms with Gasteiger partial charge in [0.1, 0.15) is 0 Å². The summed E-state index contributed by atoms with van der Waals surface area (Å²) in [5, 5.41) is 21.9. The summed E-state index contributed by atoms with van der Waals surface area (Å²) in [6.45, 7) is 8.78. The second kappa shape index (κ2) is 7.66. The van der Waals surface area contributed by atoms with E-state index < -0.39 is 27.1 Å². The molecule has 0 spiro atoms. The van der Waals surface area contributed by atoms with Gasteiger partial charge in [-0.2, -0.15) is 0 Å². The normalized spacial score (nSPS) is 10.9. The zero-order valence-corrected chi connectivity index (χ0v) is 13.7. The standard InChI is InChI=1S/C15H21N3O5/c1-10(2)8-16(9-11(3)4)15(19)12-5-13(17(20)21)7-14(6-12)18(22)23/h5-7,10-11H,8-9H2,1-4H3. The summed E-state index contributed by atoms with van der Waals surface area (Å²) < 4.78 is 0. The van der Waals surface area contributed by atoms with E-state index in [1.807, 2.05) is 27.7 Å². The van der Waals surface area contributed by atoms with Crippen LogP contribution in [0.25, 0.3) is 0 Å². The largest absolute Gasteiger partial charge is 0.338 e. The lowest BCUT2D eigenvalue weighted by Crippen LogP contribution is -2.37. The smallest absolute Gasteiger partial charge is 0.277 e. The first-order valence-electron chi connectivity index (χ1n) is 7.35. The lowest BCUT2D eigenvalue weighted by Gasteiger charge is -2.26. The molecule has 126 valence electrons. The predicted octanol–water partition coefficient (Wildman–Crippen LogP) is 3.26. The second-order valence-corrected chi connectivity index (χ2v) is 6.25. The van der Waals surface area contributed by atoms with Crippen molar-refractivity contribution in [3.63, 3.8) is 0 Å². The highest BCUT2D eigenvalue weighted by molar-refractivity contribution is 5.95. The summed E-state index contributed by atoms with van der Waals surface area (Å²) in [5.74, 6) is -0.00281. The molecule has 0 aromatic heterocycles. The molecule has 0 N–H and O–H groups in total. The fourth-order valence-electron chi connectivity index (χ4n) is 2.23. The number of rotatable bonds is 7. The van der Waals surface area contributed by atoms with E-state index in [4.69, 9.17) is 0 Å². The lowest BCUT2D eigenvalue weighted by molar-refractivity contribution is -0.394. The SMILES string of the molecule is CC(C)CN(CC(C)C)C(=O)c1cc([N+](=O)[O-])cc([N+](=O)[O-])c1. The number of nitrogens with zero attached hydrogens (tertiary/aromatic N) is 3. The van der Waals surface area contributed by atoms with Gasteiger partial charge in [-0.15, -0.1) is 0 Å². The third-order valence-electron chi connectivity index (χ3n) is 3.03. The first-order valence-corrected chi connectivity index (χ1v) is 7.35. The van der Waals surface area contributed by atoms with Crippen molar-refractivity contribution in [2.75, 3.05) is 13.1 Å². The molecule has 0 saturated carbocycles. The number of nitro groups is 2. The van der Waals surface area contributed by atoms with Gasteiger partial charge in [0.2, 0.25) is 0 Å². The van der Waals surface area contributed by atoms with Crippen LogP contribution in [-0.4, -0.2) is 33.7 Å². The molecule has 0 aliphatic heterocycles. The Balaban J connectivity index is 3.26. The molecular formula is C15H21N3O5. The molecule has 1 amide bonds. The summed E-state index contributed by atoms with van der Waals surface area (Å²) in [4.78, 5) is 34.6. The lowest BCUT2D eigenvalue weighted by atomic mass is 10.1. The van der Waals surface area contributed by atoms with Gasteiger partial charge < -0.3 is 4.90 Å². The van der Waals surface area contributed by atoms with E-state index in [1.165, 1.54) is 0 Å². The van der Waals surface area contributed by atoms with Gasteiger partial charge in [-0.1, -0.05) is 27.7 Å². The fraction of sp³-hybridized carbons (Fsp3) is 0.533. The first kappa shape index (κ1) is 18.5. The summed E-state index contributed by atoms with van der Waals surface area (Å²) in [5.41, 5.74) is -0.958. The van der Waals surface area contributed by atoms with Gasteiger partial charge >= 0.3 is 0 Å². The minimum Gasteiger partial charge on any atom is -0.338 e. The van der Waals surface area contributed by atoms with Crippen LogP contribution < -0.4 is 0 Å². The number of carbonyl (C=O) groups is 1. The van der Waals surface area contributed by atoms with Crippen molar-refractivity contribution in [1.82, 2.24) is 4.90 Å². The van der Waals surface area contributed by atoms with Crippen LogP contribution in [-0.2, 0) is 0 Å². The molecule has 0 aliphatic rings. The minimum absolute atomic E-state index is 0.0350. The molecule has 1 rings (SSSR count). The van der Waals surface area contributed by atoms with E-state index in [9.17, 15) is 25.0 Å². The molecule has 8 nitrogen and oxygen atoms in total. The van der Waals surface area contributed by atoms with Gasteiger partial charge in [0.15, 0.2) is 0 Å². The van der Waals surface area contributed by atoms with Crippen molar-refractivity contribution >= 4 is 17.3 Å². The molecule has 23 heavy (non-hydrogen) atoms. The summed E-state index contributed by atoms with van der Waals surface area (Å²) in [6, 6.07) is 3.03. The number of hydrogen-bond acceptors (Lipinski definition) is 5. The minimum atomic E-state index is -0.737. The molecule has 1 aromatic rings. The van der Waals surface area contributed by atoms with Crippen molar-refractivity contribution in [2.45, 2.75) is 27.7 Å². The Bertz CT molecular complexity index is 571. The summed E-state index contributed by atoms with van der Waals surface area (Å²) in [6.07, 6.45) is 0. The van der Waals surface area contributed by atoms with E-state index in [0.29, 0.717) is 13.1 Å². The average molecular weight is 323 g/mol. The quantitative estimate of drug-likeness (QED) is 0.565. The van der Waals surface area contributed by atoms with Crippen LogP contribution in [0.2, 0.25) is 0 Å². The molecule has 0 saturated heterocycles. The number of carbonyl (C=O) groups excluding carboxylic acids is 1. The molecule has 8 heteroatoms. The van der Waals surface area contributed by atoms with E-state index >= 15 is 0 Å². The Morgan fingerprint density at radius 1 is 0.957 bits per heavy atom. The molecule has 0 heterocycles. The Morgan fingerprint density at radius 3 is 1.65 bits per heavy atom. The van der Waals surface area contributed by atoms with Crippen molar-refractivity contribution in [2.24, 2.45) is 11.8 Å². The van der Waals surface area contributed by atoms with Crippen molar-refractivity contribution in [3.8, 4) is 0 Å². The highest BCUT2D eigenvalue weighted by Gasteiger charge is 2.24. The zero-order chi connectivity index (χ0) is 17.7. The van der Waals surface area contributed by atoms with Gasteiger partial charge in [0.25, 0.3) is 17.3 Å². The number of benzene rings is 1. The Morgan fingerprint density at radius 2 is 1.35 bits per heavy atom. The molecule has 0 aliphatic carbocycles. The summed E-state index contributed by atoms with van der Waals surface area (Å²) >= 11 is 0. The molecule has 0 atom stereocenters. The molecule has 0 fully saturated rings. The van der Waals surface area contributed by atoms with Gasteiger partial charge in [0.05, 0.1) is 21.5 Å². The van der Waals surface area contributed by atoms with Gasteiger partial charge in [-0.25, -0.2) is 0 Å². The first-order chi connectivity index (χ1) is 10.6. The monoisotopic (exact) mass is 323 g/mol. The van der Waals surface area contributed by atoms with Crippen molar-refractivity contribution in [3.05, 3.63) is 44.0 Å². The number of non-ortho nitro benzene ring substituents is 2. The molecule has 1 aromatic carbocycles. The van der Waals surface area contributed by atoms with Crippen molar-refractivity contribution < 1.29 is 14.6 Å². The number of hydrogen-bond donors (Lipinski definition) is 0. The van der Waals surface area contributed by atoms with Gasteiger partial charge in [0, 0.05) is 25.2 Å². The third-order valence-corrected chi connectivity index (χ3v) is 3.03. The fourth-order valence-corrected chi connectivity index (χ4v) is 2.23. The molecule has 0 radical (unpaired) electrons. The third kappa shape index (κ3) is 5.32. The van der Waals surface area contributed by atoms with E-state index in [1.54, 1.807) is 4.90 Å². The molecular weight excluding hydrogens is 302 g/mol. The van der Waals surface area contributed by atoms with Crippen LogP contribution >= 0.6 is 0 Å². The molecule has 0 bridgehead atoms. The van der Waals surface area contributed by atoms with Crippen molar-refractivity contribution in [1.29, 1.82) is 0 Å². The predicted molar refractivity (Wildman–Crippen MR) is 85.3 cm³/mol. The maximum absolute atomic E-state index is 12.6. The zero-order valence-electron chi connectivity index (χ0n) is 13.7. The van der Waals surface area contributed by atoms with Gasteiger partial charge in [-0.05, 0) is 11.8 Å². The van der Waals surface area contributed by atoms with Crippen LogP contribution in [0, 0.1) is 32.1 Å². The maximum Gasteiger partial charge on any atom is 0.277 e. The van der Waals surface area contributed by atoms with Crippen LogP contribution in [0.4, 0.5) is 11.4 Å². The van der Waals surface area contributed by atoms with Crippen LogP contribution in [0.3, 0.4) is 0 Å². The molecule has 0 unspecified atom stereocenters. The topological polar surface area (TPSA) is 107 Å². The van der Waals surface area contributed by atoms with E-state index in [2.05, 4.69) is 0 Å². The Labute approximate surface area is 134 Å². The highest BCUT2D eigenvalue weighted by atomic mass is 16.6. The van der Waals surface area contributed by atoms with E-state index in [-0.39, 0.29) is 17.4 Å².